The second kappa shape index (κ2) is 10.1. The molecule has 0 aliphatic carbocycles. The molecule has 0 radical (unpaired) electrons. The molecule has 2 heterocycles. The Labute approximate surface area is 162 Å². The number of piperazine rings is 1. The largest absolute Gasteiger partial charge is 0.494 e. The summed E-state index contributed by atoms with van der Waals surface area (Å²) in [6.07, 6.45) is 6.87. The molecule has 3 rings (SSSR count). The van der Waals surface area contributed by atoms with Crippen molar-refractivity contribution in [2.45, 2.75) is 26.2 Å². The Morgan fingerprint density at radius 3 is 2.41 bits per heavy atom. The van der Waals surface area contributed by atoms with Gasteiger partial charge in [-0.1, -0.05) is 13.3 Å². The van der Waals surface area contributed by atoms with Crippen molar-refractivity contribution in [3.8, 4) is 5.75 Å². The van der Waals surface area contributed by atoms with E-state index in [9.17, 15) is 4.79 Å². The van der Waals surface area contributed by atoms with E-state index in [4.69, 9.17) is 4.74 Å². The van der Waals surface area contributed by atoms with Crippen molar-refractivity contribution in [2.75, 3.05) is 39.3 Å². The zero-order valence-corrected chi connectivity index (χ0v) is 16.1. The Kier molecular flexibility index (Phi) is 7.22. The number of carbonyl (C=O) groups is 1. The number of carbonyl (C=O) groups excluding carboxylic acids is 1. The first kappa shape index (κ1) is 19.4. The number of unbranched alkanes of at least 4 members (excludes halogenated alkanes) is 1. The van der Waals surface area contributed by atoms with E-state index < -0.39 is 0 Å². The molecule has 144 valence electrons. The Bertz CT molecular complexity index is 695. The maximum absolute atomic E-state index is 12.7. The van der Waals surface area contributed by atoms with Gasteiger partial charge >= 0.3 is 0 Å². The minimum atomic E-state index is 0.115. The van der Waals surface area contributed by atoms with Gasteiger partial charge in [0.15, 0.2) is 0 Å². The predicted molar refractivity (Wildman–Crippen MR) is 107 cm³/mol. The molecule has 1 aromatic heterocycles. The molecule has 1 fully saturated rings. The number of benzene rings is 1. The van der Waals surface area contributed by atoms with Gasteiger partial charge in [-0.15, -0.1) is 0 Å². The summed E-state index contributed by atoms with van der Waals surface area (Å²) in [6, 6.07) is 11.7. The second-order valence-electron chi connectivity index (χ2n) is 6.97. The van der Waals surface area contributed by atoms with Crippen LogP contribution in [0.5, 0.6) is 5.75 Å². The van der Waals surface area contributed by atoms with E-state index >= 15 is 0 Å². The van der Waals surface area contributed by atoms with Crippen LogP contribution in [0.1, 0.15) is 35.7 Å². The van der Waals surface area contributed by atoms with Crippen molar-refractivity contribution in [2.24, 2.45) is 0 Å². The fraction of sp³-hybridized carbons (Fsp3) is 0.455. The standard InChI is InChI=1S/C22H29N3O2/c1-2-3-18-27-21-6-4-20(5-7-21)22(26)25-16-14-24(15-17-25)13-10-19-8-11-23-12-9-19/h4-9,11-12H,2-3,10,13-18H2,1H3. The number of pyridine rings is 1. The van der Waals surface area contributed by atoms with E-state index in [2.05, 4.69) is 28.9 Å². The molecule has 1 saturated heterocycles. The number of nitrogens with zero attached hydrogens (tertiary/aromatic N) is 3. The maximum Gasteiger partial charge on any atom is 0.253 e. The average molecular weight is 367 g/mol. The molecule has 2 aromatic rings. The molecule has 27 heavy (non-hydrogen) atoms. The third-order valence-electron chi connectivity index (χ3n) is 4.99. The molecule has 0 saturated carbocycles. The molecule has 0 atom stereocenters. The summed E-state index contributed by atoms with van der Waals surface area (Å²) in [7, 11) is 0. The second-order valence-corrected chi connectivity index (χ2v) is 6.97. The van der Waals surface area contributed by atoms with Gasteiger partial charge in [-0.2, -0.15) is 0 Å². The summed E-state index contributed by atoms with van der Waals surface area (Å²) in [6.45, 7) is 7.31. The van der Waals surface area contributed by atoms with Crippen molar-refractivity contribution < 1.29 is 9.53 Å². The molecule has 1 aliphatic heterocycles. The first-order chi connectivity index (χ1) is 13.3. The SMILES string of the molecule is CCCCOc1ccc(C(=O)N2CCN(CCc3ccncc3)CC2)cc1. The van der Waals surface area contributed by atoms with Gasteiger partial charge < -0.3 is 9.64 Å². The molecule has 0 bridgehead atoms. The first-order valence-corrected chi connectivity index (χ1v) is 9.89. The van der Waals surface area contributed by atoms with E-state index in [0.29, 0.717) is 0 Å². The molecular weight excluding hydrogens is 338 g/mol. The number of ether oxygens (including phenoxy) is 1. The van der Waals surface area contributed by atoms with Crippen LogP contribution >= 0.6 is 0 Å². The highest BCUT2D eigenvalue weighted by atomic mass is 16.5. The Morgan fingerprint density at radius 1 is 1.04 bits per heavy atom. The van der Waals surface area contributed by atoms with Crippen LogP contribution in [-0.4, -0.2) is 60.0 Å². The highest BCUT2D eigenvalue weighted by molar-refractivity contribution is 5.94. The van der Waals surface area contributed by atoms with Crippen LogP contribution in [0.4, 0.5) is 0 Å². The van der Waals surface area contributed by atoms with Gasteiger partial charge in [0, 0.05) is 50.7 Å². The van der Waals surface area contributed by atoms with Crippen LogP contribution in [0.2, 0.25) is 0 Å². The molecule has 0 N–H and O–H groups in total. The van der Waals surface area contributed by atoms with E-state index in [-0.39, 0.29) is 5.91 Å². The van der Waals surface area contributed by atoms with Gasteiger partial charge in [0.2, 0.25) is 0 Å². The van der Waals surface area contributed by atoms with Crippen LogP contribution in [-0.2, 0) is 6.42 Å². The molecule has 0 unspecified atom stereocenters. The van der Waals surface area contributed by atoms with Gasteiger partial charge in [0.05, 0.1) is 6.61 Å². The van der Waals surface area contributed by atoms with Gasteiger partial charge in [-0.05, 0) is 54.8 Å². The Balaban J connectivity index is 1.44. The van der Waals surface area contributed by atoms with Crippen LogP contribution in [0.25, 0.3) is 0 Å². The first-order valence-electron chi connectivity index (χ1n) is 9.89. The third-order valence-corrected chi connectivity index (χ3v) is 4.99. The van der Waals surface area contributed by atoms with Crippen molar-refractivity contribution in [1.29, 1.82) is 0 Å². The van der Waals surface area contributed by atoms with E-state index in [1.54, 1.807) is 0 Å². The van der Waals surface area contributed by atoms with Gasteiger partial charge in [0.1, 0.15) is 5.75 Å². The molecular formula is C22H29N3O2. The fourth-order valence-corrected chi connectivity index (χ4v) is 3.22. The summed E-state index contributed by atoms with van der Waals surface area (Å²) in [5.74, 6) is 0.949. The van der Waals surface area contributed by atoms with Crippen molar-refractivity contribution in [3.63, 3.8) is 0 Å². The zero-order valence-electron chi connectivity index (χ0n) is 16.1. The summed E-state index contributed by atoms with van der Waals surface area (Å²) in [5, 5.41) is 0. The minimum Gasteiger partial charge on any atom is -0.494 e. The van der Waals surface area contributed by atoms with Crippen LogP contribution < -0.4 is 4.74 Å². The smallest absolute Gasteiger partial charge is 0.253 e. The number of hydrogen-bond acceptors (Lipinski definition) is 4. The van der Waals surface area contributed by atoms with Gasteiger partial charge in [-0.3, -0.25) is 14.7 Å². The Morgan fingerprint density at radius 2 is 1.74 bits per heavy atom. The van der Waals surface area contributed by atoms with Crippen LogP contribution in [0, 0.1) is 0 Å². The van der Waals surface area contributed by atoms with E-state index in [1.165, 1.54) is 5.56 Å². The molecule has 0 spiro atoms. The van der Waals surface area contributed by atoms with Gasteiger partial charge in [0.25, 0.3) is 5.91 Å². The van der Waals surface area contributed by atoms with E-state index in [0.717, 1.165) is 69.9 Å². The van der Waals surface area contributed by atoms with Crippen molar-refractivity contribution in [3.05, 3.63) is 59.9 Å². The lowest BCUT2D eigenvalue weighted by molar-refractivity contribution is 0.0638. The number of aromatic nitrogens is 1. The molecule has 5 nitrogen and oxygen atoms in total. The topological polar surface area (TPSA) is 45.7 Å². The summed E-state index contributed by atoms with van der Waals surface area (Å²) in [4.78, 5) is 21.2. The van der Waals surface area contributed by atoms with Crippen LogP contribution in [0.3, 0.4) is 0 Å². The number of hydrogen-bond donors (Lipinski definition) is 0. The van der Waals surface area contributed by atoms with E-state index in [1.807, 2.05) is 41.6 Å². The van der Waals surface area contributed by atoms with Crippen LogP contribution in [0.15, 0.2) is 48.8 Å². The lowest BCUT2D eigenvalue weighted by Gasteiger charge is -2.34. The summed E-state index contributed by atoms with van der Waals surface area (Å²) >= 11 is 0. The summed E-state index contributed by atoms with van der Waals surface area (Å²) in [5.41, 5.74) is 2.05. The molecule has 1 aliphatic rings. The zero-order chi connectivity index (χ0) is 18.9. The summed E-state index contributed by atoms with van der Waals surface area (Å²) < 4.78 is 5.67. The highest BCUT2D eigenvalue weighted by Gasteiger charge is 2.21. The van der Waals surface area contributed by atoms with Crippen molar-refractivity contribution in [1.82, 2.24) is 14.8 Å². The maximum atomic E-state index is 12.7. The van der Waals surface area contributed by atoms with Crippen molar-refractivity contribution >= 4 is 5.91 Å². The predicted octanol–water partition coefficient (Wildman–Crippen LogP) is 3.26. The number of rotatable bonds is 8. The highest BCUT2D eigenvalue weighted by Crippen LogP contribution is 2.15. The molecule has 1 aromatic carbocycles. The Hall–Kier alpha value is -2.40. The minimum absolute atomic E-state index is 0.115. The molecule has 1 amide bonds. The lowest BCUT2D eigenvalue weighted by atomic mass is 10.1. The van der Waals surface area contributed by atoms with Gasteiger partial charge in [-0.25, -0.2) is 0 Å². The number of amides is 1. The quantitative estimate of drug-likeness (QED) is 0.672. The monoisotopic (exact) mass is 367 g/mol. The lowest BCUT2D eigenvalue weighted by Crippen LogP contribution is -2.49. The molecule has 5 heteroatoms. The third kappa shape index (κ3) is 5.79. The average Bonchev–Trinajstić information content (AvgIpc) is 2.74. The normalized spacial score (nSPS) is 14.9. The fourth-order valence-electron chi connectivity index (χ4n) is 3.22.